The number of nitrogens with zero attached hydrogens (tertiary/aromatic N) is 5. The zero-order chi connectivity index (χ0) is 17.8. The van der Waals surface area contributed by atoms with E-state index in [9.17, 15) is 0 Å². The first-order valence-electron chi connectivity index (χ1n) is 9.80. The standard InChI is InChI=1S/C20H28N6.HI/c1-2-22-20(26-13-17-5-3-4-6-18(17)14-26)24-12-16-7-8-23-19(11-16)25-10-9-21-15-25;/h7-11,15,17-18H,2-6,12-14H2,1H3,(H,22,24);1H. The van der Waals surface area contributed by atoms with Crippen LogP contribution in [0.3, 0.4) is 0 Å². The van der Waals surface area contributed by atoms with Crippen LogP contribution < -0.4 is 5.32 Å². The van der Waals surface area contributed by atoms with Crippen molar-refractivity contribution >= 4 is 29.9 Å². The minimum absolute atomic E-state index is 0. The van der Waals surface area contributed by atoms with Gasteiger partial charge in [0.05, 0.1) is 6.54 Å². The van der Waals surface area contributed by atoms with Crippen LogP contribution in [0.5, 0.6) is 0 Å². The van der Waals surface area contributed by atoms with Gasteiger partial charge in [0, 0.05) is 38.2 Å². The van der Waals surface area contributed by atoms with E-state index in [-0.39, 0.29) is 24.0 Å². The van der Waals surface area contributed by atoms with Gasteiger partial charge in [-0.3, -0.25) is 4.57 Å². The van der Waals surface area contributed by atoms with Crippen molar-refractivity contribution in [2.24, 2.45) is 16.8 Å². The molecule has 4 rings (SSSR count). The summed E-state index contributed by atoms with van der Waals surface area (Å²) in [5, 5.41) is 3.49. The summed E-state index contributed by atoms with van der Waals surface area (Å²) in [6.45, 7) is 6.03. The predicted octanol–water partition coefficient (Wildman–Crippen LogP) is 3.47. The number of imidazole rings is 1. The third-order valence-corrected chi connectivity index (χ3v) is 5.60. The second-order valence-corrected chi connectivity index (χ2v) is 7.37. The molecule has 146 valence electrons. The van der Waals surface area contributed by atoms with Crippen molar-refractivity contribution in [2.45, 2.75) is 39.2 Å². The Morgan fingerprint density at radius 2 is 2.00 bits per heavy atom. The van der Waals surface area contributed by atoms with E-state index in [2.05, 4.69) is 33.2 Å². The van der Waals surface area contributed by atoms with Gasteiger partial charge in [-0.2, -0.15) is 0 Å². The largest absolute Gasteiger partial charge is 0.357 e. The first kappa shape index (κ1) is 20.1. The van der Waals surface area contributed by atoms with Crippen LogP contribution in [0.4, 0.5) is 0 Å². The highest BCUT2D eigenvalue weighted by atomic mass is 127. The quantitative estimate of drug-likeness (QED) is 0.414. The molecule has 27 heavy (non-hydrogen) atoms. The van der Waals surface area contributed by atoms with Gasteiger partial charge < -0.3 is 10.2 Å². The van der Waals surface area contributed by atoms with E-state index in [1.54, 1.807) is 12.5 Å². The highest BCUT2D eigenvalue weighted by molar-refractivity contribution is 14.0. The van der Waals surface area contributed by atoms with Gasteiger partial charge in [-0.1, -0.05) is 12.8 Å². The predicted molar refractivity (Wildman–Crippen MR) is 119 cm³/mol. The molecule has 0 amide bonds. The molecule has 2 fully saturated rings. The van der Waals surface area contributed by atoms with Crippen LogP contribution >= 0.6 is 24.0 Å². The van der Waals surface area contributed by atoms with Crippen LogP contribution in [0.2, 0.25) is 0 Å². The van der Waals surface area contributed by atoms with Crippen molar-refractivity contribution in [1.29, 1.82) is 0 Å². The summed E-state index contributed by atoms with van der Waals surface area (Å²) in [7, 11) is 0. The van der Waals surface area contributed by atoms with Gasteiger partial charge in [0.1, 0.15) is 12.1 Å². The van der Waals surface area contributed by atoms with Gasteiger partial charge in [-0.05, 0) is 49.3 Å². The fourth-order valence-corrected chi connectivity index (χ4v) is 4.27. The smallest absolute Gasteiger partial charge is 0.194 e. The maximum absolute atomic E-state index is 4.92. The Labute approximate surface area is 178 Å². The number of aromatic nitrogens is 3. The fraction of sp³-hybridized carbons (Fsp3) is 0.550. The lowest BCUT2D eigenvalue weighted by atomic mass is 9.82. The van der Waals surface area contributed by atoms with Gasteiger partial charge in [-0.25, -0.2) is 15.0 Å². The highest BCUT2D eigenvalue weighted by Gasteiger charge is 2.35. The van der Waals surface area contributed by atoms with Gasteiger partial charge in [-0.15, -0.1) is 24.0 Å². The monoisotopic (exact) mass is 480 g/mol. The van der Waals surface area contributed by atoms with Crippen LogP contribution in [0, 0.1) is 11.8 Å². The zero-order valence-corrected chi connectivity index (χ0v) is 18.3. The number of nitrogens with one attached hydrogen (secondary N) is 1. The Kier molecular flexibility index (Phi) is 7.09. The summed E-state index contributed by atoms with van der Waals surface area (Å²) in [4.78, 5) is 15.9. The molecular weight excluding hydrogens is 451 g/mol. The number of rotatable bonds is 4. The molecular formula is C20H29IN6. The third kappa shape index (κ3) is 4.80. The molecule has 6 nitrogen and oxygen atoms in total. The van der Waals surface area contributed by atoms with E-state index in [0.29, 0.717) is 6.54 Å². The average molecular weight is 480 g/mol. The topological polar surface area (TPSA) is 58.3 Å². The Morgan fingerprint density at radius 1 is 1.22 bits per heavy atom. The number of guanidine groups is 1. The van der Waals surface area contributed by atoms with Crippen LogP contribution in [0.1, 0.15) is 38.2 Å². The normalized spacial score (nSPS) is 22.3. The summed E-state index contributed by atoms with van der Waals surface area (Å²) >= 11 is 0. The molecule has 1 saturated carbocycles. The van der Waals surface area contributed by atoms with Crippen molar-refractivity contribution in [3.8, 4) is 5.82 Å². The lowest BCUT2D eigenvalue weighted by Gasteiger charge is -2.22. The maximum Gasteiger partial charge on any atom is 0.194 e. The lowest BCUT2D eigenvalue weighted by Crippen LogP contribution is -2.40. The minimum Gasteiger partial charge on any atom is -0.357 e. The number of aliphatic imine (C=N–C) groups is 1. The molecule has 1 aliphatic carbocycles. The second-order valence-electron chi connectivity index (χ2n) is 7.37. The van der Waals surface area contributed by atoms with E-state index in [1.807, 2.05) is 23.0 Å². The number of likely N-dealkylation sites (tertiary alicyclic amines) is 1. The first-order valence-corrected chi connectivity index (χ1v) is 9.80. The molecule has 7 heteroatoms. The Balaban J connectivity index is 0.00000210. The molecule has 2 aromatic heterocycles. The lowest BCUT2D eigenvalue weighted by molar-refractivity contribution is 0.299. The second kappa shape index (κ2) is 9.52. The summed E-state index contributed by atoms with van der Waals surface area (Å²) in [6.07, 6.45) is 12.9. The number of halogens is 1. The molecule has 1 aliphatic heterocycles. The molecule has 0 radical (unpaired) electrons. The molecule has 1 saturated heterocycles. The molecule has 0 bridgehead atoms. The minimum atomic E-state index is 0. The number of pyridine rings is 1. The molecule has 3 heterocycles. The number of fused-ring (bicyclic) bond motifs is 1. The SMILES string of the molecule is CCNC(=NCc1ccnc(-n2ccnc2)c1)N1CC2CCCCC2C1.I. The zero-order valence-electron chi connectivity index (χ0n) is 15.9. The summed E-state index contributed by atoms with van der Waals surface area (Å²) in [5.74, 6) is 3.66. The van der Waals surface area contributed by atoms with Gasteiger partial charge >= 0.3 is 0 Å². The molecule has 2 atom stereocenters. The first-order chi connectivity index (χ1) is 12.8. The molecule has 0 aromatic carbocycles. The number of hydrogen-bond acceptors (Lipinski definition) is 3. The van der Waals surface area contributed by atoms with Crippen molar-refractivity contribution in [3.05, 3.63) is 42.6 Å². The number of hydrogen-bond donors (Lipinski definition) is 1. The highest BCUT2D eigenvalue weighted by Crippen LogP contribution is 2.35. The molecule has 2 aliphatic rings. The van der Waals surface area contributed by atoms with Crippen molar-refractivity contribution < 1.29 is 0 Å². The third-order valence-electron chi connectivity index (χ3n) is 5.60. The van der Waals surface area contributed by atoms with E-state index in [4.69, 9.17) is 4.99 Å². The molecule has 0 spiro atoms. The van der Waals surface area contributed by atoms with Gasteiger partial charge in [0.2, 0.25) is 0 Å². The Bertz CT molecular complexity index is 731. The molecule has 1 N–H and O–H groups in total. The maximum atomic E-state index is 4.92. The van der Waals surface area contributed by atoms with E-state index >= 15 is 0 Å². The fourth-order valence-electron chi connectivity index (χ4n) is 4.27. The van der Waals surface area contributed by atoms with Crippen LogP contribution in [0.15, 0.2) is 42.0 Å². The molecule has 2 unspecified atom stereocenters. The summed E-state index contributed by atoms with van der Waals surface area (Å²) < 4.78 is 1.92. The summed E-state index contributed by atoms with van der Waals surface area (Å²) in [5.41, 5.74) is 1.16. The van der Waals surface area contributed by atoms with E-state index in [1.165, 1.54) is 25.7 Å². The van der Waals surface area contributed by atoms with Crippen LogP contribution in [0.25, 0.3) is 5.82 Å². The Morgan fingerprint density at radius 3 is 2.67 bits per heavy atom. The van der Waals surface area contributed by atoms with Crippen LogP contribution in [-0.4, -0.2) is 45.0 Å². The van der Waals surface area contributed by atoms with Gasteiger partial charge in [0.15, 0.2) is 5.96 Å². The molecule has 2 aromatic rings. The Hall–Kier alpha value is -1.64. The summed E-state index contributed by atoms with van der Waals surface area (Å²) in [6, 6.07) is 4.12. The van der Waals surface area contributed by atoms with Crippen molar-refractivity contribution in [1.82, 2.24) is 24.8 Å². The van der Waals surface area contributed by atoms with Gasteiger partial charge in [0.25, 0.3) is 0 Å². The average Bonchev–Trinajstić information content (AvgIpc) is 3.34. The van der Waals surface area contributed by atoms with Crippen molar-refractivity contribution in [3.63, 3.8) is 0 Å². The van der Waals surface area contributed by atoms with Crippen LogP contribution in [-0.2, 0) is 6.54 Å². The van der Waals surface area contributed by atoms with E-state index in [0.717, 1.165) is 48.8 Å². The van der Waals surface area contributed by atoms with Crippen molar-refractivity contribution in [2.75, 3.05) is 19.6 Å². The van der Waals surface area contributed by atoms with E-state index < -0.39 is 0 Å².